The molecule has 0 unspecified atom stereocenters. The van der Waals surface area contributed by atoms with E-state index in [1.807, 2.05) is 0 Å². The number of halogens is 3. The molecule has 0 saturated carbocycles. The third-order valence-corrected chi connectivity index (χ3v) is 3.00. The number of aromatic nitrogens is 5. The van der Waals surface area contributed by atoms with E-state index in [9.17, 15) is 18.0 Å². The van der Waals surface area contributed by atoms with Gasteiger partial charge in [-0.2, -0.15) is 23.3 Å². The number of nitrogens with one attached hydrogen (secondary N) is 2. The van der Waals surface area contributed by atoms with Gasteiger partial charge in [0.1, 0.15) is 0 Å². The van der Waals surface area contributed by atoms with Crippen molar-refractivity contribution in [3.05, 3.63) is 22.8 Å². The molecule has 0 radical (unpaired) electrons. The standard InChI is InChI=1S/C11H13F3N6O/c1-5-7(6(2)20(3)19-5)4-8(21)15-10-16-9(17-18-10)11(12,13)14/h4H2,1-3H3,(H2,15,16,17,18,21). The molecule has 2 rings (SSSR count). The predicted octanol–water partition coefficient (Wildman–Crippen LogP) is 1.36. The lowest BCUT2D eigenvalue weighted by molar-refractivity contribution is -0.144. The molecular weight excluding hydrogens is 289 g/mol. The largest absolute Gasteiger partial charge is 0.451 e. The Kier molecular flexibility index (Phi) is 3.71. The molecule has 7 nitrogen and oxygen atoms in total. The lowest BCUT2D eigenvalue weighted by Gasteiger charge is -2.02. The molecule has 2 N–H and O–H groups in total. The second-order valence-corrected chi connectivity index (χ2v) is 4.50. The second kappa shape index (κ2) is 5.19. The van der Waals surface area contributed by atoms with Gasteiger partial charge in [-0.15, -0.1) is 5.10 Å². The summed E-state index contributed by atoms with van der Waals surface area (Å²) in [6, 6.07) is 0. The molecule has 0 aliphatic carbocycles. The fourth-order valence-corrected chi connectivity index (χ4v) is 1.85. The van der Waals surface area contributed by atoms with Crippen molar-refractivity contribution in [2.45, 2.75) is 26.4 Å². The maximum Gasteiger partial charge on any atom is 0.451 e. The average Bonchev–Trinajstić information content (AvgIpc) is 2.90. The van der Waals surface area contributed by atoms with Crippen LogP contribution in [0.15, 0.2) is 0 Å². The smallest absolute Gasteiger partial charge is 0.293 e. The fourth-order valence-electron chi connectivity index (χ4n) is 1.85. The molecule has 0 bridgehead atoms. The summed E-state index contributed by atoms with van der Waals surface area (Å²) in [7, 11) is 1.74. The van der Waals surface area contributed by atoms with Crippen molar-refractivity contribution >= 4 is 11.9 Å². The van der Waals surface area contributed by atoms with Crippen molar-refractivity contribution in [3.8, 4) is 0 Å². The summed E-state index contributed by atoms with van der Waals surface area (Å²) in [4.78, 5) is 15.0. The summed E-state index contributed by atoms with van der Waals surface area (Å²) < 4.78 is 38.6. The normalized spacial score (nSPS) is 11.7. The Balaban J connectivity index is 2.07. The number of alkyl halides is 3. The van der Waals surface area contributed by atoms with Crippen LogP contribution in [0.5, 0.6) is 0 Å². The number of nitrogens with zero attached hydrogens (tertiary/aromatic N) is 4. The molecule has 0 aromatic carbocycles. The Hall–Kier alpha value is -2.39. The van der Waals surface area contributed by atoms with E-state index in [0.717, 1.165) is 11.3 Å². The highest BCUT2D eigenvalue weighted by Gasteiger charge is 2.35. The third-order valence-electron chi connectivity index (χ3n) is 3.00. The molecule has 2 aromatic heterocycles. The summed E-state index contributed by atoms with van der Waals surface area (Å²) in [5, 5.41) is 11.4. The van der Waals surface area contributed by atoms with E-state index in [0.29, 0.717) is 5.69 Å². The predicted molar refractivity (Wildman–Crippen MR) is 66.4 cm³/mol. The molecule has 114 valence electrons. The molecule has 2 aromatic rings. The maximum absolute atomic E-state index is 12.3. The van der Waals surface area contributed by atoms with Gasteiger partial charge in [0, 0.05) is 18.3 Å². The number of carbonyl (C=O) groups excluding carboxylic acids is 1. The molecule has 0 saturated heterocycles. The summed E-state index contributed by atoms with van der Waals surface area (Å²) in [6.45, 7) is 3.56. The van der Waals surface area contributed by atoms with E-state index in [2.05, 4.69) is 20.5 Å². The molecule has 0 aliphatic heterocycles. The Morgan fingerprint density at radius 3 is 2.52 bits per heavy atom. The Morgan fingerprint density at radius 2 is 2.05 bits per heavy atom. The van der Waals surface area contributed by atoms with Crippen LogP contribution in [0.4, 0.5) is 19.1 Å². The van der Waals surface area contributed by atoms with Gasteiger partial charge >= 0.3 is 6.18 Å². The van der Waals surface area contributed by atoms with Gasteiger partial charge in [-0.25, -0.2) is 0 Å². The number of H-pyrrole nitrogens is 1. The van der Waals surface area contributed by atoms with Crippen LogP contribution in [0, 0.1) is 13.8 Å². The van der Waals surface area contributed by atoms with Gasteiger partial charge in [0.15, 0.2) is 0 Å². The van der Waals surface area contributed by atoms with E-state index < -0.39 is 23.9 Å². The van der Waals surface area contributed by atoms with Gasteiger partial charge in [0.2, 0.25) is 17.7 Å². The van der Waals surface area contributed by atoms with E-state index in [4.69, 9.17) is 0 Å². The summed E-state index contributed by atoms with van der Waals surface area (Å²) >= 11 is 0. The lowest BCUT2D eigenvalue weighted by atomic mass is 10.1. The number of aromatic amines is 1. The Morgan fingerprint density at radius 1 is 1.38 bits per heavy atom. The zero-order valence-electron chi connectivity index (χ0n) is 11.5. The van der Waals surface area contributed by atoms with Crippen molar-refractivity contribution in [1.29, 1.82) is 0 Å². The minimum absolute atomic E-state index is 0.0125. The number of aryl methyl sites for hydroxylation is 2. The molecule has 0 spiro atoms. The zero-order valence-corrected chi connectivity index (χ0v) is 11.5. The van der Waals surface area contributed by atoms with Crippen molar-refractivity contribution in [3.63, 3.8) is 0 Å². The molecule has 0 fully saturated rings. The highest BCUT2D eigenvalue weighted by atomic mass is 19.4. The molecule has 0 atom stereocenters. The molecule has 2 heterocycles. The molecule has 10 heteroatoms. The molecule has 1 amide bonds. The lowest BCUT2D eigenvalue weighted by Crippen LogP contribution is -2.16. The van der Waals surface area contributed by atoms with Crippen LogP contribution in [0.1, 0.15) is 22.8 Å². The minimum Gasteiger partial charge on any atom is -0.293 e. The van der Waals surface area contributed by atoms with Crippen molar-refractivity contribution in [2.75, 3.05) is 5.32 Å². The molecule has 0 aliphatic rings. The quantitative estimate of drug-likeness (QED) is 0.896. The van der Waals surface area contributed by atoms with Gasteiger partial charge in [-0.05, 0) is 13.8 Å². The number of hydrogen-bond acceptors (Lipinski definition) is 4. The SMILES string of the molecule is Cc1nn(C)c(C)c1CC(=O)Nc1n[nH]c(C(F)(F)F)n1. The second-order valence-electron chi connectivity index (χ2n) is 4.50. The zero-order chi connectivity index (χ0) is 15.8. The van der Waals surface area contributed by atoms with Crippen molar-refractivity contribution in [2.24, 2.45) is 7.05 Å². The first kappa shape index (κ1) is 15.0. The highest BCUT2D eigenvalue weighted by molar-refractivity contribution is 5.90. The first-order valence-corrected chi connectivity index (χ1v) is 5.97. The van der Waals surface area contributed by atoms with E-state index >= 15 is 0 Å². The summed E-state index contributed by atoms with van der Waals surface area (Å²) in [5.41, 5.74) is 2.23. The third kappa shape index (κ3) is 3.20. The van der Waals surface area contributed by atoms with Gasteiger partial charge in [-0.1, -0.05) is 0 Å². The first-order chi connectivity index (χ1) is 9.68. The van der Waals surface area contributed by atoms with Crippen molar-refractivity contribution < 1.29 is 18.0 Å². The number of carbonyl (C=O) groups is 1. The number of hydrogen-bond donors (Lipinski definition) is 2. The van der Waals surface area contributed by atoms with Crippen LogP contribution in [0.2, 0.25) is 0 Å². The van der Waals surface area contributed by atoms with Crippen LogP contribution in [0.3, 0.4) is 0 Å². The Bertz CT molecular complexity index is 672. The van der Waals surface area contributed by atoms with Crippen molar-refractivity contribution in [1.82, 2.24) is 25.0 Å². The minimum atomic E-state index is -4.63. The van der Waals surface area contributed by atoms with Gasteiger partial charge in [0.25, 0.3) is 0 Å². The summed E-state index contributed by atoms with van der Waals surface area (Å²) in [6.07, 6.45) is -4.64. The number of rotatable bonds is 3. The van der Waals surface area contributed by atoms with E-state index in [1.54, 1.807) is 30.7 Å². The first-order valence-electron chi connectivity index (χ1n) is 5.97. The van der Waals surface area contributed by atoms with Crippen LogP contribution < -0.4 is 5.32 Å². The number of anilines is 1. The van der Waals surface area contributed by atoms with E-state index in [-0.39, 0.29) is 6.42 Å². The van der Waals surface area contributed by atoms with Gasteiger partial charge < -0.3 is 0 Å². The van der Waals surface area contributed by atoms with Gasteiger partial charge in [-0.3, -0.25) is 19.9 Å². The Labute approximate surface area is 117 Å². The maximum atomic E-state index is 12.3. The number of amides is 1. The van der Waals surface area contributed by atoms with Crippen LogP contribution in [-0.2, 0) is 24.4 Å². The monoisotopic (exact) mass is 302 g/mol. The fraction of sp³-hybridized carbons (Fsp3) is 0.455. The van der Waals surface area contributed by atoms with Crippen LogP contribution >= 0.6 is 0 Å². The topological polar surface area (TPSA) is 88.5 Å². The van der Waals surface area contributed by atoms with E-state index in [1.165, 1.54) is 0 Å². The molecule has 21 heavy (non-hydrogen) atoms. The van der Waals surface area contributed by atoms with Crippen LogP contribution in [0.25, 0.3) is 0 Å². The molecular formula is C11H13F3N6O. The van der Waals surface area contributed by atoms with Crippen LogP contribution in [-0.4, -0.2) is 30.9 Å². The average molecular weight is 302 g/mol. The van der Waals surface area contributed by atoms with Gasteiger partial charge in [0.05, 0.1) is 12.1 Å². The summed E-state index contributed by atoms with van der Waals surface area (Å²) in [5.74, 6) is -2.18. The highest BCUT2D eigenvalue weighted by Crippen LogP contribution is 2.26.